The highest BCUT2D eigenvalue weighted by atomic mass is 16.2. The lowest BCUT2D eigenvalue weighted by Crippen LogP contribution is -2.66. The maximum Gasteiger partial charge on any atom is 0.226 e. The largest absolute Gasteiger partial charge is 0.351 e. The van der Waals surface area contributed by atoms with Gasteiger partial charge in [-0.3, -0.25) is 4.79 Å². The fraction of sp³-hybridized carbons (Fsp3) is 0.235. The molecule has 1 saturated heterocycles. The Balaban J connectivity index is 1.86. The third kappa shape index (κ3) is 0.985. The van der Waals surface area contributed by atoms with E-state index in [2.05, 4.69) is 53.8 Å². The third-order valence-corrected chi connectivity index (χ3v) is 5.05. The highest BCUT2D eigenvalue weighted by molar-refractivity contribution is 5.90. The summed E-state index contributed by atoms with van der Waals surface area (Å²) in [7, 11) is 0. The van der Waals surface area contributed by atoms with Crippen molar-refractivity contribution in [3.8, 4) is 0 Å². The maximum absolute atomic E-state index is 12.0. The molecule has 2 aromatic rings. The van der Waals surface area contributed by atoms with Crippen LogP contribution in [0.25, 0.3) is 0 Å². The van der Waals surface area contributed by atoms with Crippen LogP contribution in [0.3, 0.4) is 0 Å². The number of hydrogen-bond donors (Lipinski definition) is 1. The molecule has 2 atom stereocenters. The lowest BCUT2D eigenvalue weighted by molar-refractivity contribution is -0.137. The minimum Gasteiger partial charge on any atom is -0.351 e. The van der Waals surface area contributed by atoms with Crippen molar-refractivity contribution in [2.75, 3.05) is 0 Å². The molecule has 1 amide bonds. The quantitative estimate of drug-likeness (QED) is 0.712. The molecule has 1 heterocycles. The van der Waals surface area contributed by atoms with Crippen LogP contribution in [-0.4, -0.2) is 11.9 Å². The van der Waals surface area contributed by atoms with Crippen molar-refractivity contribution in [1.29, 1.82) is 0 Å². The van der Waals surface area contributed by atoms with Crippen LogP contribution in [0.4, 0.5) is 0 Å². The second-order valence-corrected chi connectivity index (χ2v) is 5.77. The highest BCUT2D eigenvalue weighted by Gasteiger charge is 2.58. The Morgan fingerprint density at radius 1 is 0.737 bits per heavy atom. The Hall–Kier alpha value is -2.09. The summed E-state index contributed by atoms with van der Waals surface area (Å²) in [6.45, 7) is 0. The van der Waals surface area contributed by atoms with E-state index in [9.17, 15) is 4.79 Å². The zero-order valence-corrected chi connectivity index (χ0v) is 10.3. The minimum atomic E-state index is 0.148. The molecule has 0 spiro atoms. The van der Waals surface area contributed by atoms with E-state index in [1.807, 2.05) is 0 Å². The van der Waals surface area contributed by atoms with Crippen LogP contribution in [0.15, 0.2) is 48.5 Å². The molecule has 2 heteroatoms. The fourth-order valence-corrected chi connectivity index (χ4v) is 4.33. The fourth-order valence-electron chi connectivity index (χ4n) is 4.33. The summed E-state index contributed by atoms with van der Waals surface area (Å²) < 4.78 is 0. The Labute approximate surface area is 111 Å². The molecule has 19 heavy (non-hydrogen) atoms. The number of carbonyl (C=O) groups is 1. The molecule has 1 N–H and O–H groups in total. The SMILES string of the molecule is O=C1N[C@@H]2C3c4ccccc4C(c4ccccc43)[C@@H]12. The van der Waals surface area contributed by atoms with E-state index in [-0.39, 0.29) is 17.7 Å². The molecule has 0 unspecified atom stereocenters. The van der Waals surface area contributed by atoms with Crippen molar-refractivity contribution in [3.63, 3.8) is 0 Å². The second-order valence-electron chi connectivity index (χ2n) is 5.77. The highest BCUT2D eigenvalue weighted by Crippen LogP contribution is 2.57. The first-order valence-electron chi connectivity index (χ1n) is 6.84. The summed E-state index contributed by atoms with van der Waals surface area (Å²) in [5.74, 6) is 0.982. The zero-order chi connectivity index (χ0) is 12.6. The van der Waals surface area contributed by atoms with Gasteiger partial charge in [0, 0.05) is 11.8 Å². The average molecular weight is 247 g/mol. The molecule has 1 aliphatic heterocycles. The molecule has 2 aromatic carbocycles. The number of nitrogens with one attached hydrogen (secondary N) is 1. The number of rotatable bonds is 0. The topological polar surface area (TPSA) is 29.1 Å². The predicted molar refractivity (Wildman–Crippen MR) is 72.0 cm³/mol. The number of carbonyl (C=O) groups excluding carboxylic acids is 1. The Morgan fingerprint density at radius 2 is 1.21 bits per heavy atom. The molecule has 1 fully saturated rings. The zero-order valence-electron chi connectivity index (χ0n) is 10.3. The minimum absolute atomic E-state index is 0.148. The van der Waals surface area contributed by atoms with Gasteiger partial charge in [-0.1, -0.05) is 48.5 Å². The molecular formula is C17H13NO. The van der Waals surface area contributed by atoms with Crippen molar-refractivity contribution in [1.82, 2.24) is 5.32 Å². The summed E-state index contributed by atoms with van der Waals surface area (Å²) in [6.07, 6.45) is 0. The summed E-state index contributed by atoms with van der Waals surface area (Å²) in [6, 6.07) is 17.6. The molecule has 4 aliphatic rings. The molecular weight excluding hydrogens is 234 g/mol. The smallest absolute Gasteiger partial charge is 0.226 e. The molecule has 92 valence electrons. The number of amides is 1. The van der Waals surface area contributed by atoms with E-state index in [1.165, 1.54) is 22.3 Å². The lowest BCUT2D eigenvalue weighted by Gasteiger charge is -2.55. The van der Waals surface area contributed by atoms with E-state index in [0.29, 0.717) is 12.0 Å². The van der Waals surface area contributed by atoms with E-state index in [0.717, 1.165) is 0 Å². The van der Waals surface area contributed by atoms with Crippen molar-refractivity contribution >= 4 is 5.91 Å². The summed E-state index contributed by atoms with van der Waals surface area (Å²) >= 11 is 0. The number of benzene rings is 2. The Bertz CT molecular complexity index is 673. The average Bonchev–Trinajstić information content (AvgIpc) is 2.46. The van der Waals surface area contributed by atoms with Gasteiger partial charge in [0.1, 0.15) is 0 Å². The van der Waals surface area contributed by atoms with Crippen molar-refractivity contribution in [3.05, 3.63) is 70.8 Å². The normalized spacial score (nSPS) is 32.7. The van der Waals surface area contributed by atoms with E-state index < -0.39 is 0 Å². The standard InChI is InChI=1S/C17H13NO/c19-17-15-13-9-5-1-3-7-11(9)14(16(15)18-17)12-8-4-2-6-10(12)13/h1-8,13-16H,(H,18,19)/t13?,14?,15-,16-/m1/s1. The first-order chi connectivity index (χ1) is 9.36. The molecule has 0 radical (unpaired) electrons. The number of β-lactam (4-membered cyclic amide) rings is 1. The van der Waals surface area contributed by atoms with Crippen LogP contribution in [0.1, 0.15) is 34.1 Å². The van der Waals surface area contributed by atoms with Gasteiger partial charge >= 0.3 is 0 Å². The van der Waals surface area contributed by atoms with Gasteiger partial charge in [-0.05, 0) is 22.3 Å². The van der Waals surface area contributed by atoms with Gasteiger partial charge in [-0.15, -0.1) is 0 Å². The van der Waals surface area contributed by atoms with Crippen LogP contribution < -0.4 is 5.32 Å². The Kier molecular flexibility index (Phi) is 1.58. The number of hydrogen-bond acceptors (Lipinski definition) is 1. The predicted octanol–water partition coefficient (Wildman–Crippen LogP) is 2.39. The van der Waals surface area contributed by atoms with Gasteiger partial charge in [0.2, 0.25) is 5.91 Å². The summed E-state index contributed by atoms with van der Waals surface area (Å²) in [5, 5.41) is 3.12. The van der Waals surface area contributed by atoms with Crippen LogP contribution in [-0.2, 0) is 4.79 Å². The van der Waals surface area contributed by atoms with Gasteiger partial charge in [0.05, 0.1) is 12.0 Å². The van der Waals surface area contributed by atoms with E-state index in [1.54, 1.807) is 0 Å². The lowest BCUT2D eigenvalue weighted by atomic mass is 9.54. The molecule has 2 bridgehead atoms. The first kappa shape index (κ1) is 9.79. The van der Waals surface area contributed by atoms with E-state index in [4.69, 9.17) is 0 Å². The summed E-state index contributed by atoms with van der Waals surface area (Å²) in [5.41, 5.74) is 5.55. The molecule has 2 nitrogen and oxygen atoms in total. The maximum atomic E-state index is 12.0. The second kappa shape index (κ2) is 3.08. The molecule has 0 saturated carbocycles. The van der Waals surface area contributed by atoms with Crippen molar-refractivity contribution in [2.45, 2.75) is 17.9 Å². The molecule has 6 rings (SSSR count). The molecule has 0 aromatic heterocycles. The van der Waals surface area contributed by atoms with Crippen molar-refractivity contribution < 1.29 is 4.79 Å². The summed E-state index contributed by atoms with van der Waals surface area (Å²) in [4.78, 5) is 12.0. The monoisotopic (exact) mass is 247 g/mol. The first-order valence-corrected chi connectivity index (χ1v) is 6.84. The van der Waals surface area contributed by atoms with Crippen LogP contribution >= 0.6 is 0 Å². The van der Waals surface area contributed by atoms with Crippen molar-refractivity contribution in [2.24, 2.45) is 5.92 Å². The Morgan fingerprint density at radius 3 is 1.68 bits per heavy atom. The third-order valence-electron chi connectivity index (χ3n) is 5.05. The van der Waals surface area contributed by atoms with Crippen LogP contribution in [0, 0.1) is 5.92 Å². The molecule has 3 aliphatic carbocycles. The van der Waals surface area contributed by atoms with Gasteiger partial charge in [0.25, 0.3) is 0 Å². The van der Waals surface area contributed by atoms with Crippen LogP contribution in [0.5, 0.6) is 0 Å². The van der Waals surface area contributed by atoms with Gasteiger partial charge in [0.15, 0.2) is 0 Å². The van der Waals surface area contributed by atoms with Gasteiger partial charge in [-0.25, -0.2) is 0 Å². The van der Waals surface area contributed by atoms with Gasteiger partial charge < -0.3 is 5.32 Å². The van der Waals surface area contributed by atoms with E-state index >= 15 is 0 Å². The van der Waals surface area contributed by atoms with Gasteiger partial charge in [-0.2, -0.15) is 0 Å². The van der Waals surface area contributed by atoms with Crippen LogP contribution in [0.2, 0.25) is 0 Å².